The van der Waals surface area contributed by atoms with Gasteiger partial charge in [0, 0.05) is 6.54 Å². The summed E-state index contributed by atoms with van der Waals surface area (Å²) in [5, 5.41) is 11.4. The highest BCUT2D eigenvalue weighted by molar-refractivity contribution is 5.81. The fraction of sp³-hybridized carbons (Fsp3) is 0.833. The quantitative estimate of drug-likeness (QED) is 0.530. The summed E-state index contributed by atoms with van der Waals surface area (Å²) < 4.78 is 0. The van der Waals surface area contributed by atoms with Crippen LogP contribution in [0.25, 0.3) is 0 Å². The largest absolute Gasteiger partial charge is 0.481 e. The van der Waals surface area contributed by atoms with Gasteiger partial charge in [-0.2, -0.15) is 0 Å². The number of carboxylic acid groups (broad SMARTS) is 1. The van der Waals surface area contributed by atoms with E-state index in [0.29, 0.717) is 25.8 Å². The SMILES string of the molecule is CCCC[C@H](N)C(=O)NCCCC(C)C(=O)O. The van der Waals surface area contributed by atoms with E-state index >= 15 is 0 Å². The van der Waals surface area contributed by atoms with Crippen LogP contribution in [-0.2, 0) is 9.59 Å². The third-order valence-electron chi connectivity index (χ3n) is 2.74. The van der Waals surface area contributed by atoms with Crippen LogP contribution < -0.4 is 11.1 Å². The van der Waals surface area contributed by atoms with Gasteiger partial charge in [0.05, 0.1) is 12.0 Å². The number of unbranched alkanes of at least 4 members (excludes halogenated alkanes) is 1. The first-order valence-electron chi connectivity index (χ1n) is 6.25. The summed E-state index contributed by atoms with van der Waals surface area (Å²) in [6.45, 7) is 4.21. The Labute approximate surface area is 103 Å². The molecule has 2 atom stereocenters. The number of aliphatic carboxylic acids is 1. The van der Waals surface area contributed by atoms with Gasteiger partial charge in [-0.05, 0) is 19.3 Å². The summed E-state index contributed by atoms with van der Waals surface area (Å²) >= 11 is 0. The number of rotatable bonds is 9. The molecule has 17 heavy (non-hydrogen) atoms. The topological polar surface area (TPSA) is 92.4 Å². The summed E-state index contributed by atoms with van der Waals surface area (Å²) in [6.07, 6.45) is 3.91. The van der Waals surface area contributed by atoms with E-state index in [9.17, 15) is 9.59 Å². The van der Waals surface area contributed by atoms with E-state index in [1.54, 1.807) is 6.92 Å². The average Bonchev–Trinajstić information content (AvgIpc) is 2.30. The molecule has 0 aliphatic rings. The van der Waals surface area contributed by atoms with Gasteiger partial charge in [-0.25, -0.2) is 0 Å². The Morgan fingerprint density at radius 1 is 1.29 bits per heavy atom. The Bertz CT molecular complexity index is 244. The number of nitrogens with two attached hydrogens (primary N) is 1. The highest BCUT2D eigenvalue weighted by Crippen LogP contribution is 2.04. The lowest BCUT2D eigenvalue weighted by Crippen LogP contribution is -2.40. The molecule has 100 valence electrons. The maximum Gasteiger partial charge on any atom is 0.306 e. The van der Waals surface area contributed by atoms with Crippen molar-refractivity contribution in [1.29, 1.82) is 0 Å². The van der Waals surface area contributed by atoms with Crippen LogP contribution in [0.5, 0.6) is 0 Å². The molecule has 0 aliphatic heterocycles. The molecule has 5 nitrogen and oxygen atoms in total. The minimum atomic E-state index is -0.795. The first kappa shape index (κ1) is 15.9. The average molecular weight is 244 g/mol. The number of amides is 1. The molecule has 5 heteroatoms. The van der Waals surface area contributed by atoms with Crippen LogP contribution in [0.3, 0.4) is 0 Å². The highest BCUT2D eigenvalue weighted by Gasteiger charge is 2.13. The minimum Gasteiger partial charge on any atom is -0.481 e. The maximum atomic E-state index is 11.5. The number of carbonyl (C=O) groups is 2. The fourth-order valence-electron chi connectivity index (χ4n) is 1.43. The lowest BCUT2D eigenvalue weighted by molar-refractivity contribution is -0.141. The standard InChI is InChI=1S/C12H24N2O3/c1-3-4-7-10(13)11(15)14-8-5-6-9(2)12(16)17/h9-10H,3-8,13H2,1-2H3,(H,14,15)(H,16,17)/t9?,10-/m0/s1. The molecule has 0 radical (unpaired) electrons. The van der Waals surface area contributed by atoms with Crippen molar-refractivity contribution in [2.75, 3.05) is 6.54 Å². The first-order chi connectivity index (χ1) is 7.99. The van der Waals surface area contributed by atoms with Gasteiger partial charge in [-0.15, -0.1) is 0 Å². The van der Waals surface area contributed by atoms with Crippen molar-refractivity contribution in [2.45, 2.75) is 52.0 Å². The predicted octanol–water partition coefficient (Wildman–Crippen LogP) is 1.12. The first-order valence-corrected chi connectivity index (χ1v) is 6.25. The Balaban J connectivity index is 3.60. The van der Waals surface area contributed by atoms with Crippen LogP contribution in [0.4, 0.5) is 0 Å². The molecule has 0 aromatic heterocycles. The van der Waals surface area contributed by atoms with Crippen LogP contribution in [0.15, 0.2) is 0 Å². The van der Waals surface area contributed by atoms with E-state index in [-0.39, 0.29) is 11.8 Å². The van der Waals surface area contributed by atoms with Gasteiger partial charge in [-0.3, -0.25) is 9.59 Å². The van der Waals surface area contributed by atoms with Crippen LogP contribution in [0, 0.1) is 5.92 Å². The van der Waals surface area contributed by atoms with Crippen molar-refractivity contribution in [3.05, 3.63) is 0 Å². The van der Waals surface area contributed by atoms with Crippen LogP contribution >= 0.6 is 0 Å². The number of nitrogens with one attached hydrogen (secondary N) is 1. The predicted molar refractivity (Wildman–Crippen MR) is 66.5 cm³/mol. The van der Waals surface area contributed by atoms with Gasteiger partial charge in [0.1, 0.15) is 0 Å². The molecule has 0 aliphatic carbocycles. The molecule has 1 unspecified atom stereocenters. The number of carbonyl (C=O) groups excluding carboxylic acids is 1. The van der Waals surface area contributed by atoms with Crippen LogP contribution in [0.1, 0.15) is 46.0 Å². The number of carboxylic acids is 1. The van der Waals surface area contributed by atoms with Gasteiger partial charge in [0.2, 0.25) is 5.91 Å². The summed E-state index contributed by atoms with van der Waals surface area (Å²) in [5.41, 5.74) is 5.69. The Morgan fingerprint density at radius 2 is 1.94 bits per heavy atom. The Kier molecular flexibility index (Phi) is 8.40. The van der Waals surface area contributed by atoms with Crippen molar-refractivity contribution >= 4 is 11.9 Å². The molecule has 0 bridgehead atoms. The summed E-state index contributed by atoms with van der Waals surface area (Å²) in [6, 6.07) is -0.438. The molecular formula is C12H24N2O3. The second-order valence-electron chi connectivity index (χ2n) is 4.42. The van der Waals surface area contributed by atoms with Gasteiger partial charge >= 0.3 is 5.97 Å². The smallest absolute Gasteiger partial charge is 0.306 e. The third-order valence-corrected chi connectivity index (χ3v) is 2.74. The summed E-state index contributed by atoms with van der Waals surface area (Å²) in [7, 11) is 0. The molecule has 0 aromatic carbocycles. The summed E-state index contributed by atoms with van der Waals surface area (Å²) in [4.78, 5) is 22.0. The van der Waals surface area contributed by atoms with E-state index in [2.05, 4.69) is 12.2 Å². The molecule has 0 fully saturated rings. The zero-order chi connectivity index (χ0) is 13.3. The van der Waals surface area contributed by atoms with Gasteiger partial charge in [0.15, 0.2) is 0 Å². The van der Waals surface area contributed by atoms with E-state index < -0.39 is 12.0 Å². The van der Waals surface area contributed by atoms with Crippen molar-refractivity contribution in [3.63, 3.8) is 0 Å². The lowest BCUT2D eigenvalue weighted by atomic mass is 10.1. The molecule has 0 saturated carbocycles. The van der Waals surface area contributed by atoms with E-state index in [1.807, 2.05) is 0 Å². The molecule has 4 N–H and O–H groups in total. The molecule has 0 heterocycles. The second-order valence-corrected chi connectivity index (χ2v) is 4.42. The Hall–Kier alpha value is -1.10. The van der Waals surface area contributed by atoms with Gasteiger partial charge < -0.3 is 16.2 Å². The van der Waals surface area contributed by atoms with E-state index in [4.69, 9.17) is 10.8 Å². The molecule has 0 rings (SSSR count). The molecule has 0 spiro atoms. The normalized spacial score (nSPS) is 14.1. The maximum absolute atomic E-state index is 11.5. The monoisotopic (exact) mass is 244 g/mol. The van der Waals surface area contributed by atoms with Gasteiger partial charge in [0.25, 0.3) is 0 Å². The van der Waals surface area contributed by atoms with Crippen molar-refractivity contribution < 1.29 is 14.7 Å². The molecular weight excluding hydrogens is 220 g/mol. The van der Waals surface area contributed by atoms with Crippen molar-refractivity contribution in [3.8, 4) is 0 Å². The van der Waals surface area contributed by atoms with Crippen molar-refractivity contribution in [2.24, 2.45) is 11.7 Å². The van der Waals surface area contributed by atoms with E-state index in [1.165, 1.54) is 0 Å². The van der Waals surface area contributed by atoms with Crippen LogP contribution in [-0.4, -0.2) is 29.6 Å². The molecule has 0 saturated heterocycles. The molecule has 0 aromatic rings. The number of hydrogen-bond donors (Lipinski definition) is 3. The second kappa shape index (κ2) is 8.98. The Morgan fingerprint density at radius 3 is 2.47 bits per heavy atom. The fourth-order valence-corrected chi connectivity index (χ4v) is 1.43. The van der Waals surface area contributed by atoms with Gasteiger partial charge in [-0.1, -0.05) is 26.7 Å². The minimum absolute atomic E-state index is 0.138. The van der Waals surface area contributed by atoms with E-state index in [0.717, 1.165) is 12.8 Å². The third kappa shape index (κ3) is 7.74. The van der Waals surface area contributed by atoms with Crippen molar-refractivity contribution in [1.82, 2.24) is 5.32 Å². The highest BCUT2D eigenvalue weighted by atomic mass is 16.4. The number of hydrogen-bond acceptors (Lipinski definition) is 3. The molecule has 1 amide bonds. The zero-order valence-electron chi connectivity index (χ0n) is 10.7. The summed E-state index contributed by atoms with van der Waals surface area (Å²) in [5.74, 6) is -1.29. The van der Waals surface area contributed by atoms with Crippen LogP contribution in [0.2, 0.25) is 0 Å². The zero-order valence-corrected chi connectivity index (χ0v) is 10.7. The lowest BCUT2D eigenvalue weighted by Gasteiger charge is -2.12.